The number of carbonyl (C=O) groups is 1. The minimum absolute atomic E-state index is 0. The first-order chi connectivity index (χ1) is 10.6. The molecule has 136 valence electrons. The maximum Gasteiger partial charge on any atom is 0.225 e. The third-order valence-corrected chi connectivity index (χ3v) is 4.46. The highest BCUT2D eigenvalue weighted by Crippen LogP contribution is 2.13. The van der Waals surface area contributed by atoms with Crippen LogP contribution >= 0.6 is 35.7 Å². The molecule has 0 unspecified atom stereocenters. The normalized spacial score (nSPS) is 16.2. The maximum absolute atomic E-state index is 12.0. The number of piperidine rings is 1. The number of thioether (sulfide) groups is 1. The molecule has 7 heteroatoms. The van der Waals surface area contributed by atoms with Crippen molar-refractivity contribution < 1.29 is 4.79 Å². The summed E-state index contributed by atoms with van der Waals surface area (Å²) >= 11 is 1.86. The van der Waals surface area contributed by atoms with Crippen molar-refractivity contribution >= 4 is 47.6 Å². The van der Waals surface area contributed by atoms with Crippen LogP contribution < -0.4 is 10.6 Å². The predicted octanol–water partition coefficient (Wildman–Crippen LogP) is 2.56. The third kappa shape index (κ3) is 9.02. The van der Waals surface area contributed by atoms with Gasteiger partial charge in [-0.15, -0.1) is 24.0 Å². The van der Waals surface area contributed by atoms with Crippen LogP contribution in [0.4, 0.5) is 0 Å². The Bertz CT molecular complexity index is 358. The van der Waals surface area contributed by atoms with Crippen molar-refractivity contribution in [1.82, 2.24) is 15.5 Å². The van der Waals surface area contributed by atoms with Crippen molar-refractivity contribution in [3.05, 3.63) is 0 Å². The van der Waals surface area contributed by atoms with Crippen LogP contribution in [0.5, 0.6) is 0 Å². The molecule has 1 rings (SSSR count). The van der Waals surface area contributed by atoms with Gasteiger partial charge >= 0.3 is 0 Å². The van der Waals surface area contributed by atoms with E-state index in [1.165, 1.54) is 0 Å². The summed E-state index contributed by atoms with van der Waals surface area (Å²) in [7, 11) is 0. The smallest absolute Gasteiger partial charge is 0.225 e. The van der Waals surface area contributed by atoms with Crippen LogP contribution in [0.1, 0.15) is 40.0 Å². The molecule has 0 saturated carbocycles. The van der Waals surface area contributed by atoms with E-state index < -0.39 is 0 Å². The Morgan fingerprint density at radius 3 is 2.52 bits per heavy atom. The van der Waals surface area contributed by atoms with E-state index in [-0.39, 0.29) is 35.8 Å². The molecule has 0 aliphatic carbocycles. The van der Waals surface area contributed by atoms with Crippen molar-refractivity contribution in [2.75, 3.05) is 38.2 Å². The van der Waals surface area contributed by atoms with Gasteiger partial charge in [0.25, 0.3) is 0 Å². The van der Waals surface area contributed by atoms with Crippen LogP contribution in [-0.2, 0) is 4.79 Å². The molecule has 0 radical (unpaired) electrons. The minimum atomic E-state index is 0. The summed E-state index contributed by atoms with van der Waals surface area (Å²) in [6, 6.07) is 0.412. The van der Waals surface area contributed by atoms with E-state index >= 15 is 0 Å². The first-order valence-corrected chi connectivity index (χ1v) is 9.80. The zero-order valence-corrected chi connectivity index (χ0v) is 18.1. The number of hydrogen-bond donors (Lipinski definition) is 2. The lowest BCUT2D eigenvalue weighted by Crippen LogP contribution is -2.50. The topological polar surface area (TPSA) is 56.7 Å². The standard InChI is InChI=1S/C16H32N4OS.HI/c1-5-17-16(18-9-6-12-22-4)19-14-7-10-20(11-8-14)15(21)13(2)3;/h13-14H,5-12H2,1-4H3,(H2,17,18,19);1H. The number of carbonyl (C=O) groups excluding carboxylic acids is 1. The van der Waals surface area contributed by atoms with Crippen molar-refractivity contribution in [1.29, 1.82) is 0 Å². The summed E-state index contributed by atoms with van der Waals surface area (Å²) in [6.45, 7) is 9.46. The molecular formula is C16H33IN4OS. The summed E-state index contributed by atoms with van der Waals surface area (Å²) in [5.41, 5.74) is 0. The largest absolute Gasteiger partial charge is 0.357 e. The average molecular weight is 456 g/mol. The van der Waals surface area contributed by atoms with Gasteiger partial charge in [-0.1, -0.05) is 13.8 Å². The van der Waals surface area contributed by atoms with Crippen molar-refractivity contribution in [3.8, 4) is 0 Å². The Labute approximate surface area is 162 Å². The second kappa shape index (κ2) is 13.1. The van der Waals surface area contributed by atoms with Crippen LogP contribution in [-0.4, -0.2) is 61.0 Å². The molecule has 0 spiro atoms. The number of halogens is 1. The van der Waals surface area contributed by atoms with E-state index in [0.717, 1.165) is 57.2 Å². The van der Waals surface area contributed by atoms with Crippen molar-refractivity contribution in [2.45, 2.75) is 46.1 Å². The number of likely N-dealkylation sites (tertiary alicyclic amines) is 1. The number of rotatable bonds is 7. The van der Waals surface area contributed by atoms with E-state index in [0.29, 0.717) is 6.04 Å². The quantitative estimate of drug-likeness (QED) is 0.268. The van der Waals surface area contributed by atoms with Crippen LogP contribution in [0.2, 0.25) is 0 Å². The minimum Gasteiger partial charge on any atom is -0.357 e. The lowest BCUT2D eigenvalue weighted by molar-refractivity contribution is -0.135. The molecule has 0 atom stereocenters. The van der Waals surface area contributed by atoms with Gasteiger partial charge in [0, 0.05) is 38.1 Å². The summed E-state index contributed by atoms with van der Waals surface area (Å²) in [4.78, 5) is 18.6. The summed E-state index contributed by atoms with van der Waals surface area (Å²) in [5, 5.41) is 6.83. The van der Waals surface area contributed by atoms with Gasteiger partial charge in [0.15, 0.2) is 5.96 Å². The van der Waals surface area contributed by atoms with Gasteiger partial charge in [-0.05, 0) is 38.2 Å². The molecule has 1 saturated heterocycles. The molecule has 1 amide bonds. The first kappa shape index (κ1) is 22.8. The Morgan fingerprint density at radius 1 is 1.35 bits per heavy atom. The number of hydrogen-bond acceptors (Lipinski definition) is 3. The van der Waals surface area contributed by atoms with E-state index in [2.05, 4.69) is 28.8 Å². The molecule has 0 aromatic rings. The van der Waals surface area contributed by atoms with E-state index in [1.807, 2.05) is 30.5 Å². The molecule has 0 aromatic carbocycles. The number of amides is 1. The predicted molar refractivity (Wildman–Crippen MR) is 112 cm³/mol. The molecule has 1 fully saturated rings. The highest BCUT2D eigenvalue weighted by molar-refractivity contribution is 14.0. The maximum atomic E-state index is 12.0. The van der Waals surface area contributed by atoms with Gasteiger partial charge in [0.1, 0.15) is 0 Å². The lowest BCUT2D eigenvalue weighted by Gasteiger charge is -2.34. The molecular weight excluding hydrogens is 423 g/mol. The van der Waals surface area contributed by atoms with Gasteiger partial charge in [-0.3, -0.25) is 9.79 Å². The Hall–Kier alpha value is -0.180. The molecule has 2 N–H and O–H groups in total. The molecule has 0 bridgehead atoms. The Kier molecular flexibility index (Phi) is 13.0. The number of aliphatic imine (C=N–C) groups is 1. The average Bonchev–Trinajstić information content (AvgIpc) is 2.51. The summed E-state index contributed by atoms with van der Waals surface area (Å²) in [5.74, 6) is 2.44. The molecule has 0 aromatic heterocycles. The van der Waals surface area contributed by atoms with E-state index in [1.54, 1.807) is 0 Å². The van der Waals surface area contributed by atoms with E-state index in [9.17, 15) is 4.79 Å². The number of nitrogens with one attached hydrogen (secondary N) is 2. The van der Waals surface area contributed by atoms with Gasteiger partial charge in [-0.2, -0.15) is 11.8 Å². The van der Waals surface area contributed by atoms with Gasteiger partial charge in [-0.25, -0.2) is 0 Å². The summed E-state index contributed by atoms with van der Waals surface area (Å²) < 4.78 is 0. The van der Waals surface area contributed by atoms with Crippen molar-refractivity contribution in [3.63, 3.8) is 0 Å². The monoisotopic (exact) mass is 456 g/mol. The number of nitrogens with zero attached hydrogens (tertiary/aromatic N) is 2. The second-order valence-corrected chi connectivity index (χ2v) is 6.99. The third-order valence-electron chi connectivity index (χ3n) is 3.76. The van der Waals surface area contributed by atoms with Crippen LogP contribution in [0.15, 0.2) is 4.99 Å². The highest BCUT2D eigenvalue weighted by Gasteiger charge is 2.24. The fourth-order valence-electron chi connectivity index (χ4n) is 2.52. The summed E-state index contributed by atoms with van der Waals surface area (Å²) in [6.07, 6.45) is 5.22. The Morgan fingerprint density at radius 2 is 2.00 bits per heavy atom. The number of guanidine groups is 1. The fraction of sp³-hybridized carbons (Fsp3) is 0.875. The van der Waals surface area contributed by atoms with Crippen LogP contribution in [0, 0.1) is 5.92 Å². The molecule has 23 heavy (non-hydrogen) atoms. The fourth-order valence-corrected chi connectivity index (χ4v) is 2.94. The second-order valence-electron chi connectivity index (χ2n) is 6.01. The first-order valence-electron chi connectivity index (χ1n) is 8.41. The molecule has 1 heterocycles. The molecule has 1 aliphatic heterocycles. The zero-order chi connectivity index (χ0) is 16.4. The highest BCUT2D eigenvalue weighted by atomic mass is 127. The van der Waals surface area contributed by atoms with Gasteiger partial charge in [0.05, 0.1) is 0 Å². The molecule has 5 nitrogen and oxygen atoms in total. The van der Waals surface area contributed by atoms with Gasteiger partial charge < -0.3 is 15.5 Å². The van der Waals surface area contributed by atoms with E-state index in [4.69, 9.17) is 0 Å². The SMILES string of the molecule is CCNC(=NCCCSC)NC1CCN(C(=O)C(C)C)CC1.I. The lowest BCUT2D eigenvalue weighted by atomic mass is 10.0. The molecule has 1 aliphatic rings. The van der Waals surface area contributed by atoms with Crippen molar-refractivity contribution in [2.24, 2.45) is 10.9 Å². The van der Waals surface area contributed by atoms with Crippen LogP contribution in [0.3, 0.4) is 0 Å². The van der Waals surface area contributed by atoms with Crippen LogP contribution in [0.25, 0.3) is 0 Å². The Balaban J connectivity index is 0.00000484. The zero-order valence-electron chi connectivity index (χ0n) is 14.9. The van der Waals surface area contributed by atoms with Gasteiger partial charge in [0.2, 0.25) is 5.91 Å².